The van der Waals surface area contributed by atoms with Crippen molar-refractivity contribution in [2.75, 3.05) is 12.9 Å². The van der Waals surface area contributed by atoms with Gasteiger partial charge in [0.1, 0.15) is 0 Å². The fourth-order valence-corrected chi connectivity index (χ4v) is 2.95. The molecule has 1 aliphatic carbocycles. The van der Waals surface area contributed by atoms with Crippen molar-refractivity contribution in [1.29, 1.82) is 0 Å². The van der Waals surface area contributed by atoms with Gasteiger partial charge in [-0.15, -0.1) is 0 Å². The summed E-state index contributed by atoms with van der Waals surface area (Å²) in [5, 5.41) is 3.37. The summed E-state index contributed by atoms with van der Waals surface area (Å²) < 4.78 is 5.92. The summed E-state index contributed by atoms with van der Waals surface area (Å²) in [5.41, 5.74) is 1.56. The molecule has 0 aliphatic heterocycles. The zero-order chi connectivity index (χ0) is 14.1. The number of hydrogen-bond acceptors (Lipinski definition) is 6. The van der Waals surface area contributed by atoms with Crippen LogP contribution < -0.4 is 5.56 Å². The molecule has 0 saturated heterocycles. The Bertz CT molecular complexity index is 721. The van der Waals surface area contributed by atoms with Crippen LogP contribution in [0, 0.1) is 0 Å². The van der Waals surface area contributed by atoms with Crippen LogP contribution in [0.3, 0.4) is 0 Å². The van der Waals surface area contributed by atoms with E-state index in [1.165, 1.54) is 23.4 Å². The number of methoxy groups -OCH3 is 1. The molecule has 7 nitrogen and oxygen atoms in total. The molecule has 2 aromatic heterocycles. The highest BCUT2D eigenvalue weighted by Crippen LogP contribution is 2.18. The third kappa shape index (κ3) is 2.31. The smallest absolute Gasteiger partial charge is 0.316 e. The lowest BCUT2D eigenvalue weighted by Crippen LogP contribution is -2.25. The SMILES string of the molecule is COC(=O)CSc1nc2nc3c(c(=O)n2[nH]1)CCCC3. The third-order valence-corrected chi connectivity index (χ3v) is 4.13. The van der Waals surface area contributed by atoms with Crippen LogP contribution in [0.25, 0.3) is 5.78 Å². The molecule has 0 unspecified atom stereocenters. The van der Waals surface area contributed by atoms with Gasteiger partial charge in [-0.05, 0) is 25.7 Å². The minimum absolute atomic E-state index is 0.0814. The number of ether oxygens (including phenoxy) is 1. The van der Waals surface area contributed by atoms with Gasteiger partial charge in [0.2, 0.25) is 0 Å². The maximum absolute atomic E-state index is 12.3. The Morgan fingerprint density at radius 2 is 2.20 bits per heavy atom. The number of nitrogens with one attached hydrogen (secondary N) is 1. The van der Waals surface area contributed by atoms with Crippen molar-refractivity contribution in [3.8, 4) is 0 Å². The summed E-state index contributed by atoms with van der Waals surface area (Å²) in [4.78, 5) is 32.1. The summed E-state index contributed by atoms with van der Waals surface area (Å²) in [7, 11) is 1.33. The maximum atomic E-state index is 12.3. The Balaban J connectivity index is 1.96. The van der Waals surface area contributed by atoms with E-state index in [1.54, 1.807) is 0 Å². The van der Waals surface area contributed by atoms with E-state index in [9.17, 15) is 9.59 Å². The minimum atomic E-state index is -0.338. The molecule has 0 saturated carbocycles. The summed E-state index contributed by atoms with van der Waals surface area (Å²) in [6.07, 6.45) is 3.68. The molecule has 3 rings (SSSR count). The lowest BCUT2D eigenvalue weighted by molar-refractivity contribution is -0.137. The van der Waals surface area contributed by atoms with Gasteiger partial charge >= 0.3 is 5.97 Å². The van der Waals surface area contributed by atoms with Crippen LogP contribution in [0.5, 0.6) is 0 Å². The minimum Gasteiger partial charge on any atom is -0.468 e. The van der Waals surface area contributed by atoms with Crippen molar-refractivity contribution in [3.05, 3.63) is 21.6 Å². The predicted molar refractivity (Wildman–Crippen MR) is 73.0 cm³/mol. The molecule has 0 aromatic carbocycles. The number of carbonyl (C=O) groups is 1. The molecule has 2 aromatic rings. The summed E-state index contributed by atoms with van der Waals surface area (Å²) in [6.45, 7) is 0. The van der Waals surface area contributed by atoms with Crippen LogP contribution in [0.2, 0.25) is 0 Å². The summed E-state index contributed by atoms with van der Waals surface area (Å²) in [6, 6.07) is 0. The van der Waals surface area contributed by atoms with Gasteiger partial charge in [-0.1, -0.05) is 11.8 Å². The number of esters is 1. The number of hydrogen-bond donors (Lipinski definition) is 1. The molecule has 8 heteroatoms. The largest absolute Gasteiger partial charge is 0.468 e. The highest BCUT2D eigenvalue weighted by Gasteiger charge is 2.18. The second kappa shape index (κ2) is 5.28. The van der Waals surface area contributed by atoms with Crippen LogP contribution in [0.15, 0.2) is 9.95 Å². The first-order valence-electron chi connectivity index (χ1n) is 6.39. The van der Waals surface area contributed by atoms with Gasteiger partial charge in [-0.25, -0.2) is 4.98 Å². The van der Waals surface area contributed by atoms with E-state index < -0.39 is 0 Å². The third-order valence-electron chi connectivity index (χ3n) is 3.30. The van der Waals surface area contributed by atoms with Crippen molar-refractivity contribution in [1.82, 2.24) is 19.6 Å². The number of H-pyrrole nitrogens is 1. The van der Waals surface area contributed by atoms with Crippen molar-refractivity contribution in [3.63, 3.8) is 0 Å². The number of thioether (sulfide) groups is 1. The van der Waals surface area contributed by atoms with Crippen molar-refractivity contribution in [2.24, 2.45) is 0 Å². The highest BCUT2D eigenvalue weighted by molar-refractivity contribution is 7.99. The van der Waals surface area contributed by atoms with E-state index in [2.05, 4.69) is 19.8 Å². The van der Waals surface area contributed by atoms with Gasteiger partial charge < -0.3 is 4.74 Å². The van der Waals surface area contributed by atoms with E-state index in [0.717, 1.165) is 36.9 Å². The molecule has 0 fully saturated rings. The van der Waals surface area contributed by atoms with E-state index >= 15 is 0 Å². The molecule has 0 spiro atoms. The first kappa shape index (κ1) is 13.2. The van der Waals surface area contributed by atoms with E-state index in [0.29, 0.717) is 10.9 Å². The van der Waals surface area contributed by atoms with Crippen molar-refractivity contribution >= 4 is 23.5 Å². The van der Waals surface area contributed by atoms with Crippen LogP contribution in [0.1, 0.15) is 24.1 Å². The zero-order valence-electron chi connectivity index (χ0n) is 11.0. The van der Waals surface area contributed by atoms with Crippen LogP contribution in [-0.4, -0.2) is 38.4 Å². The van der Waals surface area contributed by atoms with Gasteiger partial charge in [0.05, 0.1) is 18.6 Å². The number of fused-ring (bicyclic) bond motifs is 2. The second-order valence-electron chi connectivity index (χ2n) is 4.58. The Morgan fingerprint density at radius 1 is 1.40 bits per heavy atom. The summed E-state index contributed by atoms with van der Waals surface area (Å²) >= 11 is 1.19. The number of aryl methyl sites for hydroxylation is 1. The van der Waals surface area contributed by atoms with Gasteiger partial charge in [0.15, 0.2) is 5.16 Å². The Labute approximate surface area is 118 Å². The normalized spacial score (nSPS) is 14.2. The number of carbonyl (C=O) groups excluding carboxylic acids is 1. The van der Waals surface area contributed by atoms with Crippen LogP contribution >= 0.6 is 11.8 Å². The molecule has 1 aliphatic rings. The number of aromatic amines is 1. The molecule has 20 heavy (non-hydrogen) atoms. The highest BCUT2D eigenvalue weighted by atomic mass is 32.2. The molecule has 0 bridgehead atoms. The standard InChI is InChI=1S/C12H14N4O3S/c1-19-9(17)6-20-12-14-11-13-8-5-3-2-4-7(8)10(18)16(11)15-12/h2-6H2,1H3,(H,13,14,15). The van der Waals surface area contributed by atoms with Gasteiger partial charge in [0, 0.05) is 5.56 Å². The van der Waals surface area contributed by atoms with Crippen LogP contribution in [0.4, 0.5) is 0 Å². The van der Waals surface area contributed by atoms with E-state index in [1.807, 2.05) is 0 Å². The monoisotopic (exact) mass is 294 g/mol. The van der Waals surface area contributed by atoms with Gasteiger partial charge in [-0.3, -0.25) is 14.7 Å². The van der Waals surface area contributed by atoms with Crippen molar-refractivity contribution < 1.29 is 9.53 Å². The number of nitrogens with zero attached hydrogens (tertiary/aromatic N) is 3. The number of aromatic nitrogens is 4. The van der Waals surface area contributed by atoms with Crippen molar-refractivity contribution in [2.45, 2.75) is 30.8 Å². The number of rotatable bonds is 3. The molecule has 0 radical (unpaired) electrons. The van der Waals surface area contributed by atoms with E-state index in [-0.39, 0.29) is 17.3 Å². The molecule has 0 amide bonds. The van der Waals surface area contributed by atoms with Gasteiger partial charge in [-0.2, -0.15) is 9.50 Å². The Morgan fingerprint density at radius 3 is 3.00 bits per heavy atom. The lowest BCUT2D eigenvalue weighted by atomic mass is 9.97. The quantitative estimate of drug-likeness (QED) is 0.657. The second-order valence-corrected chi connectivity index (χ2v) is 5.54. The fraction of sp³-hybridized carbons (Fsp3) is 0.500. The Hall–Kier alpha value is -1.83. The first-order chi connectivity index (χ1) is 9.69. The molecule has 106 valence electrons. The fourth-order valence-electron chi connectivity index (χ4n) is 2.28. The lowest BCUT2D eigenvalue weighted by Gasteiger charge is -2.12. The molecule has 0 atom stereocenters. The topological polar surface area (TPSA) is 89.3 Å². The van der Waals surface area contributed by atoms with Gasteiger partial charge in [0.25, 0.3) is 11.3 Å². The molecule has 1 N–H and O–H groups in total. The molecular weight excluding hydrogens is 280 g/mol. The van der Waals surface area contributed by atoms with E-state index in [4.69, 9.17) is 0 Å². The average Bonchev–Trinajstić information content (AvgIpc) is 2.88. The maximum Gasteiger partial charge on any atom is 0.316 e. The summed E-state index contributed by atoms with van der Waals surface area (Å²) in [5.74, 6) is 0.170. The predicted octanol–water partition coefficient (Wildman–Crippen LogP) is 0.561. The molecular formula is C12H14N4O3S. The molecule has 2 heterocycles. The first-order valence-corrected chi connectivity index (χ1v) is 7.37. The average molecular weight is 294 g/mol. The van der Waals surface area contributed by atoms with Crippen LogP contribution in [-0.2, 0) is 22.4 Å². The zero-order valence-corrected chi connectivity index (χ0v) is 11.8. The Kier molecular flexibility index (Phi) is 3.47.